The number of primary amides is 1. The van der Waals surface area contributed by atoms with E-state index >= 15 is 0 Å². The molecule has 1 aromatic carbocycles. The summed E-state index contributed by atoms with van der Waals surface area (Å²) in [5.74, 6) is -1.50. The molecule has 1 aromatic heterocycles. The van der Waals surface area contributed by atoms with E-state index in [4.69, 9.17) is 10.5 Å². The summed E-state index contributed by atoms with van der Waals surface area (Å²) >= 11 is 2.13. The number of aromatic nitrogens is 1. The van der Waals surface area contributed by atoms with Crippen molar-refractivity contribution in [1.29, 1.82) is 0 Å². The number of halogens is 1. The number of likely N-dealkylation sites (N-methyl/N-ethyl adjacent to an activating group) is 1. The van der Waals surface area contributed by atoms with Crippen LogP contribution in [0.4, 0.5) is 0 Å². The Balaban J connectivity index is 2.23. The summed E-state index contributed by atoms with van der Waals surface area (Å²) < 4.78 is 5.92. The third kappa shape index (κ3) is 4.75. The van der Waals surface area contributed by atoms with Crippen LogP contribution in [0.15, 0.2) is 36.5 Å². The highest BCUT2D eigenvalue weighted by Gasteiger charge is 2.14. The van der Waals surface area contributed by atoms with Gasteiger partial charge >= 0.3 is 5.97 Å². The standard InChI is InChI=1S/C17H16IN3O4/c1-21(2)15(22)9-25-17(24)10-3-5-13(18)12(7-10)11-4-6-14(16(19)23)20-8-11/h3-8H,9H2,1-2H3,(H2,19,23). The van der Waals surface area contributed by atoms with Gasteiger partial charge in [-0.15, -0.1) is 0 Å². The Bertz CT molecular complexity index is 819. The summed E-state index contributed by atoms with van der Waals surface area (Å²) in [5, 5.41) is 0. The van der Waals surface area contributed by atoms with E-state index in [2.05, 4.69) is 27.6 Å². The van der Waals surface area contributed by atoms with Gasteiger partial charge in [-0.2, -0.15) is 0 Å². The van der Waals surface area contributed by atoms with Crippen LogP contribution in [0.25, 0.3) is 11.1 Å². The molecule has 8 heteroatoms. The van der Waals surface area contributed by atoms with Gasteiger partial charge in [-0.05, 0) is 52.4 Å². The Kier molecular flexibility index (Phi) is 6.07. The molecule has 2 amide bonds. The van der Waals surface area contributed by atoms with Gasteiger partial charge in [0.25, 0.3) is 11.8 Å². The Labute approximate surface area is 158 Å². The lowest BCUT2D eigenvalue weighted by molar-refractivity contribution is -0.131. The predicted octanol–water partition coefficient (Wildman–Crippen LogP) is 1.70. The van der Waals surface area contributed by atoms with Crippen molar-refractivity contribution in [1.82, 2.24) is 9.88 Å². The highest BCUT2D eigenvalue weighted by molar-refractivity contribution is 14.1. The van der Waals surface area contributed by atoms with Gasteiger partial charge < -0.3 is 15.4 Å². The maximum atomic E-state index is 12.1. The molecule has 0 spiro atoms. The Morgan fingerprint density at radius 3 is 2.48 bits per heavy atom. The lowest BCUT2D eigenvalue weighted by Gasteiger charge is -2.11. The molecule has 2 rings (SSSR count). The van der Waals surface area contributed by atoms with E-state index in [0.29, 0.717) is 5.56 Å². The Hall–Kier alpha value is -2.49. The Morgan fingerprint density at radius 2 is 1.92 bits per heavy atom. The second-order valence-corrected chi connectivity index (χ2v) is 6.52. The molecule has 2 aromatic rings. The SMILES string of the molecule is CN(C)C(=O)COC(=O)c1ccc(I)c(-c2ccc(C(N)=O)nc2)c1. The minimum atomic E-state index is -0.607. The fraction of sp³-hybridized carbons (Fsp3) is 0.176. The fourth-order valence-electron chi connectivity index (χ4n) is 1.91. The average Bonchev–Trinajstić information content (AvgIpc) is 2.59. The number of amides is 2. The minimum Gasteiger partial charge on any atom is -0.452 e. The van der Waals surface area contributed by atoms with Crippen LogP contribution in [-0.2, 0) is 9.53 Å². The summed E-state index contributed by atoms with van der Waals surface area (Å²) in [4.78, 5) is 40.1. The number of hydrogen-bond acceptors (Lipinski definition) is 5. The first-order valence-electron chi connectivity index (χ1n) is 7.22. The van der Waals surface area contributed by atoms with Gasteiger partial charge in [0.15, 0.2) is 6.61 Å². The quantitative estimate of drug-likeness (QED) is 0.549. The number of hydrogen-bond donors (Lipinski definition) is 1. The van der Waals surface area contributed by atoms with E-state index in [0.717, 1.165) is 14.7 Å². The summed E-state index contributed by atoms with van der Waals surface area (Å²) in [5.41, 5.74) is 7.16. The summed E-state index contributed by atoms with van der Waals surface area (Å²) in [6.07, 6.45) is 1.52. The molecular formula is C17H16IN3O4. The number of ether oxygens (including phenoxy) is 1. The normalized spacial score (nSPS) is 10.2. The van der Waals surface area contributed by atoms with Gasteiger partial charge in [-0.1, -0.05) is 6.07 Å². The van der Waals surface area contributed by atoms with Crippen LogP contribution < -0.4 is 5.73 Å². The summed E-state index contributed by atoms with van der Waals surface area (Å²) in [7, 11) is 3.17. The second-order valence-electron chi connectivity index (χ2n) is 5.36. The van der Waals surface area contributed by atoms with Crippen LogP contribution in [0.1, 0.15) is 20.8 Å². The molecule has 0 radical (unpaired) electrons. The van der Waals surface area contributed by atoms with Crippen LogP contribution in [-0.4, -0.2) is 48.4 Å². The molecule has 0 aliphatic rings. The largest absolute Gasteiger partial charge is 0.452 e. The number of carbonyl (C=O) groups excluding carboxylic acids is 3. The number of rotatable bonds is 5. The van der Waals surface area contributed by atoms with Gasteiger partial charge in [0, 0.05) is 29.4 Å². The van der Waals surface area contributed by atoms with E-state index in [9.17, 15) is 14.4 Å². The summed E-state index contributed by atoms with van der Waals surface area (Å²) in [6.45, 7) is -0.317. The zero-order valence-corrected chi connectivity index (χ0v) is 15.8. The van der Waals surface area contributed by atoms with Crippen LogP contribution in [0, 0.1) is 3.57 Å². The number of esters is 1. The zero-order chi connectivity index (χ0) is 18.6. The lowest BCUT2D eigenvalue weighted by Crippen LogP contribution is -2.27. The van der Waals surface area contributed by atoms with Crippen LogP contribution in [0.2, 0.25) is 0 Å². The molecule has 0 bridgehead atoms. The van der Waals surface area contributed by atoms with E-state index < -0.39 is 11.9 Å². The zero-order valence-electron chi connectivity index (χ0n) is 13.7. The molecule has 0 atom stereocenters. The predicted molar refractivity (Wildman–Crippen MR) is 99.9 cm³/mol. The lowest BCUT2D eigenvalue weighted by atomic mass is 10.0. The molecular weight excluding hydrogens is 437 g/mol. The molecule has 130 valence electrons. The van der Waals surface area contributed by atoms with Gasteiger partial charge in [-0.3, -0.25) is 14.6 Å². The van der Waals surface area contributed by atoms with Crippen molar-refractivity contribution < 1.29 is 19.1 Å². The summed E-state index contributed by atoms with van der Waals surface area (Å²) in [6, 6.07) is 8.27. The number of nitrogens with zero attached hydrogens (tertiary/aromatic N) is 2. The number of nitrogens with two attached hydrogens (primary N) is 1. The minimum absolute atomic E-state index is 0.163. The second kappa shape index (κ2) is 8.06. The van der Waals surface area contributed by atoms with Gasteiger partial charge in [-0.25, -0.2) is 4.79 Å². The third-order valence-corrected chi connectivity index (χ3v) is 4.30. The smallest absolute Gasteiger partial charge is 0.338 e. The molecule has 0 aliphatic heterocycles. The monoisotopic (exact) mass is 453 g/mol. The van der Waals surface area contributed by atoms with Crippen molar-refractivity contribution in [2.24, 2.45) is 5.73 Å². The van der Waals surface area contributed by atoms with E-state index in [1.54, 1.807) is 38.4 Å². The van der Waals surface area contributed by atoms with Crippen molar-refractivity contribution in [3.05, 3.63) is 51.4 Å². The van der Waals surface area contributed by atoms with Gasteiger partial charge in [0.05, 0.1) is 5.56 Å². The highest BCUT2D eigenvalue weighted by atomic mass is 127. The van der Waals surface area contributed by atoms with Crippen molar-refractivity contribution in [2.45, 2.75) is 0 Å². The van der Waals surface area contributed by atoms with Gasteiger partial charge in [0.2, 0.25) is 0 Å². The van der Waals surface area contributed by atoms with Crippen molar-refractivity contribution in [3.63, 3.8) is 0 Å². The van der Waals surface area contributed by atoms with Crippen LogP contribution in [0.3, 0.4) is 0 Å². The van der Waals surface area contributed by atoms with E-state index in [1.807, 2.05) is 0 Å². The maximum absolute atomic E-state index is 12.1. The average molecular weight is 453 g/mol. The first-order valence-corrected chi connectivity index (χ1v) is 8.30. The number of benzene rings is 1. The molecule has 0 saturated carbocycles. The van der Waals surface area contributed by atoms with Gasteiger partial charge in [0.1, 0.15) is 5.69 Å². The van der Waals surface area contributed by atoms with E-state index in [1.165, 1.54) is 17.2 Å². The highest BCUT2D eigenvalue weighted by Crippen LogP contribution is 2.26. The van der Waals surface area contributed by atoms with Crippen molar-refractivity contribution in [2.75, 3.05) is 20.7 Å². The Morgan fingerprint density at radius 1 is 1.20 bits per heavy atom. The van der Waals surface area contributed by atoms with Crippen LogP contribution >= 0.6 is 22.6 Å². The first kappa shape index (κ1) is 18.8. The fourth-order valence-corrected chi connectivity index (χ4v) is 2.56. The molecule has 0 aliphatic carbocycles. The molecule has 0 fully saturated rings. The van der Waals surface area contributed by atoms with E-state index in [-0.39, 0.29) is 18.2 Å². The molecule has 0 saturated heterocycles. The molecule has 2 N–H and O–H groups in total. The maximum Gasteiger partial charge on any atom is 0.338 e. The topological polar surface area (TPSA) is 103 Å². The van der Waals surface area contributed by atoms with Crippen LogP contribution in [0.5, 0.6) is 0 Å². The molecule has 25 heavy (non-hydrogen) atoms. The van der Waals surface area contributed by atoms with Crippen molar-refractivity contribution in [3.8, 4) is 11.1 Å². The molecule has 1 heterocycles. The number of pyridine rings is 1. The third-order valence-electron chi connectivity index (χ3n) is 3.35. The van der Waals surface area contributed by atoms with Crippen molar-refractivity contribution >= 4 is 40.4 Å². The number of carbonyl (C=O) groups is 3. The molecule has 7 nitrogen and oxygen atoms in total. The molecule has 0 unspecified atom stereocenters. The first-order chi connectivity index (χ1) is 11.8.